The molecule has 0 amide bonds. The Hall–Kier alpha value is -1.47. The summed E-state index contributed by atoms with van der Waals surface area (Å²) < 4.78 is 5.73. The zero-order chi connectivity index (χ0) is 13.0. The van der Waals surface area contributed by atoms with E-state index in [0.717, 1.165) is 0 Å². The Labute approximate surface area is 112 Å². The van der Waals surface area contributed by atoms with E-state index in [1.807, 2.05) is 0 Å². The van der Waals surface area contributed by atoms with Crippen LogP contribution in [0.3, 0.4) is 0 Å². The first kappa shape index (κ1) is 13.6. The summed E-state index contributed by atoms with van der Waals surface area (Å²) in [6, 6.07) is 3.26. The van der Waals surface area contributed by atoms with Gasteiger partial charge in [-0.15, -0.1) is 0 Å². The van der Waals surface area contributed by atoms with E-state index >= 15 is 0 Å². The minimum absolute atomic E-state index is 0.0573. The molecule has 0 radical (unpaired) electrons. The van der Waals surface area contributed by atoms with E-state index in [0.29, 0.717) is 20.9 Å². The third-order valence-electron chi connectivity index (χ3n) is 1.67. The van der Waals surface area contributed by atoms with E-state index in [2.05, 4.69) is 25.9 Å². The maximum absolute atomic E-state index is 5.97. The van der Waals surface area contributed by atoms with Crippen LogP contribution in [0.5, 0.6) is 5.75 Å². The van der Waals surface area contributed by atoms with E-state index < -0.39 is 0 Å². The van der Waals surface area contributed by atoms with Crippen LogP contribution >= 0.6 is 27.5 Å². The molecule has 0 spiro atoms. The Morgan fingerprint density at radius 1 is 1.35 bits per heavy atom. The number of nitrogens with zero attached hydrogens (tertiary/aromatic N) is 2. The summed E-state index contributed by atoms with van der Waals surface area (Å²) in [5.74, 6) is 0.300. The summed E-state index contributed by atoms with van der Waals surface area (Å²) in [5.41, 5.74) is 16.3. The molecule has 17 heavy (non-hydrogen) atoms. The molecule has 6 nitrogen and oxygen atoms in total. The van der Waals surface area contributed by atoms with Crippen molar-refractivity contribution >= 4 is 45.1 Å². The van der Waals surface area contributed by atoms with Gasteiger partial charge in [-0.3, -0.25) is 0 Å². The van der Waals surface area contributed by atoms with Gasteiger partial charge in [-0.1, -0.05) is 11.6 Å². The third-order valence-corrected chi connectivity index (χ3v) is 2.54. The van der Waals surface area contributed by atoms with Crippen LogP contribution in [0.4, 0.5) is 5.69 Å². The molecule has 1 aromatic carbocycles. The summed E-state index contributed by atoms with van der Waals surface area (Å²) in [6.45, 7) is 0. The molecule has 1 aromatic rings. The van der Waals surface area contributed by atoms with Gasteiger partial charge in [-0.05, 0) is 28.1 Å². The van der Waals surface area contributed by atoms with Gasteiger partial charge in [0.25, 0.3) is 0 Å². The van der Waals surface area contributed by atoms with Gasteiger partial charge in [0.2, 0.25) is 5.96 Å². The third kappa shape index (κ3) is 3.79. The number of methoxy groups -OCH3 is 1. The van der Waals surface area contributed by atoms with Gasteiger partial charge in [0, 0.05) is 0 Å². The number of halogens is 2. The smallest absolute Gasteiger partial charge is 0.223 e. The summed E-state index contributed by atoms with van der Waals surface area (Å²) in [4.78, 5) is 7.56. The second-order valence-corrected chi connectivity index (χ2v) is 4.21. The summed E-state index contributed by atoms with van der Waals surface area (Å²) in [7, 11) is 1.52. The molecule has 6 N–H and O–H groups in total. The number of hydrogen-bond acceptors (Lipinski definition) is 2. The van der Waals surface area contributed by atoms with E-state index in [1.165, 1.54) is 7.11 Å². The number of guanidine groups is 2. The molecule has 0 bridgehead atoms. The van der Waals surface area contributed by atoms with Gasteiger partial charge < -0.3 is 21.9 Å². The summed E-state index contributed by atoms with van der Waals surface area (Å²) in [6.07, 6.45) is 0. The van der Waals surface area contributed by atoms with Gasteiger partial charge in [0.15, 0.2) is 11.7 Å². The number of hydrogen-bond donors (Lipinski definition) is 3. The largest absolute Gasteiger partial charge is 0.494 e. The van der Waals surface area contributed by atoms with Crippen molar-refractivity contribution in [3.8, 4) is 5.75 Å². The zero-order valence-electron chi connectivity index (χ0n) is 8.95. The van der Waals surface area contributed by atoms with Crippen LogP contribution in [-0.4, -0.2) is 19.0 Å². The van der Waals surface area contributed by atoms with Crippen LogP contribution in [0.25, 0.3) is 0 Å². The van der Waals surface area contributed by atoms with Gasteiger partial charge >= 0.3 is 0 Å². The quantitative estimate of drug-likeness (QED) is 0.563. The van der Waals surface area contributed by atoms with Crippen molar-refractivity contribution in [3.05, 3.63) is 21.6 Å². The maximum Gasteiger partial charge on any atom is 0.223 e. The lowest BCUT2D eigenvalue weighted by Gasteiger charge is -2.06. The molecule has 0 fully saturated rings. The Morgan fingerprint density at radius 2 is 2.00 bits per heavy atom. The second kappa shape index (κ2) is 5.74. The number of ether oxygens (including phenoxy) is 1. The first-order valence-corrected chi connectivity index (χ1v) is 5.58. The lowest BCUT2D eigenvalue weighted by molar-refractivity contribution is 0.412. The number of nitrogens with two attached hydrogens (primary N) is 3. The van der Waals surface area contributed by atoms with Gasteiger partial charge in [0.1, 0.15) is 0 Å². The average Bonchev–Trinajstić information content (AvgIpc) is 2.15. The molecule has 1 rings (SSSR count). The van der Waals surface area contributed by atoms with Crippen LogP contribution < -0.4 is 21.9 Å². The molecule has 0 heterocycles. The van der Waals surface area contributed by atoms with Crippen molar-refractivity contribution in [3.63, 3.8) is 0 Å². The minimum atomic E-state index is -0.162. The van der Waals surface area contributed by atoms with E-state index in [9.17, 15) is 0 Å². The first-order chi connectivity index (χ1) is 7.93. The fourth-order valence-corrected chi connectivity index (χ4v) is 2.11. The Bertz CT molecular complexity index is 461. The molecule has 0 aliphatic carbocycles. The maximum atomic E-state index is 5.97. The second-order valence-electron chi connectivity index (χ2n) is 2.95. The molecule has 0 unspecified atom stereocenters. The number of rotatable bonds is 2. The van der Waals surface area contributed by atoms with Gasteiger partial charge in [0.05, 0.1) is 22.3 Å². The molecular formula is C9H11BrClN5O. The highest BCUT2D eigenvalue weighted by molar-refractivity contribution is 9.10. The van der Waals surface area contributed by atoms with Crippen LogP contribution in [0, 0.1) is 0 Å². The first-order valence-electron chi connectivity index (χ1n) is 4.41. The van der Waals surface area contributed by atoms with E-state index in [-0.39, 0.29) is 11.9 Å². The predicted molar refractivity (Wildman–Crippen MR) is 72.8 cm³/mol. The van der Waals surface area contributed by atoms with Crippen LogP contribution in [0.2, 0.25) is 5.02 Å². The van der Waals surface area contributed by atoms with Gasteiger partial charge in [-0.25, -0.2) is 4.99 Å². The topological polar surface area (TPSA) is 112 Å². The van der Waals surface area contributed by atoms with Crippen LogP contribution in [-0.2, 0) is 0 Å². The molecular weight excluding hydrogens is 309 g/mol. The lowest BCUT2D eigenvalue weighted by Crippen LogP contribution is -2.26. The molecule has 0 aliphatic heterocycles. The molecule has 0 saturated carbocycles. The highest BCUT2D eigenvalue weighted by atomic mass is 79.9. The molecule has 8 heteroatoms. The highest BCUT2D eigenvalue weighted by Gasteiger charge is 2.07. The molecule has 0 saturated heterocycles. The number of benzene rings is 1. The molecule has 0 aliphatic rings. The Kier molecular flexibility index (Phi) is 4.59. The standard InChI is InChI=1S/C9H11BrClN5O/c1-17-7-5(10)2-4(3-6(7)11)15-9(14)16-8(12)13/h2-3H,1H3,(H6,12,13,14,15,16). The summed E-state index contributed by atoms with van der Waals surface area (Å²) in [5, 5.41) is 0.401. The van der Waals surface area contributed by atoms with Crippen molar-refractivity contribution in [1.29, 1.82) is 0 Å². The van der Waals surface area contributed by atoms with E-state index in [4.69, 9.17) is 33.5 Å². The molecule has 92 valence electrons. The van der Waals surface area contributed by atoms with Crippen LogP contribution in [0.1, 0.15) is 0 Å². The predicted octanol–water partition coefficient (Wildman–Crippen LogP) is 1.33. The van der Waals surface area contributed by atoms with Crippen LogP contribution in [0.15, 0.2) is 26.6 Å². The van der Waals surface area contributed by atoms with Crippen molar-refractivity contribution in [2.24, 2.45) is 27.2 Å². The molecule has 0 atom stereocenters. The fourth-order valence-electron chi connectivity index (χ4n) is 1.10. The summed E-state index contributed by atoms with van der Waals surface area (Å²) >= 11 is 9.27. The Balaban J connectivity index is 3.14. The van der Waals surface area contributed by atoms with E-state index in [1.54, 1.807) is 12.1 Å². The highest BCUT2D eigenvalue weighted by Crippen LogP contribution is 2.36. The average molecular weight is 321 g/mol. The van der Waals surface area contributed by atoms with Crippen molar-refractivity contribution in [2.75, 3.05) is 7.11 Å². The van der Waals surface area contributed by atoms with Crippen molar-refractivity contribution in [2.45, 2.75) is 0 Å². The fraction of sp³-hybridized carbons (Fsp3) is 0.111. The monoisotopic (exact) mass is 319 g/mol. The SMILES string of the molecule is COc1c(Cl)cc(N=C(N)N=C(N)N)cc1Br. The number of aliphatic imine (C=N–C) groups is 2. The molecule has 0 aromatic heterocycles. The normalized spacial score (nSPS) is 11.1. The van der Waals surface area contributed by atoms with Gasteiger partial charge in [-0.2, -0.15) is 4.99 Å². The van der Waals surface area contributed by atoms with Crippen molar-refractivity contribution in [1.82, 2.24) is 0 Å². The minimum Gasteiger partial charge on any atom is -0.494 e. The lowest BCUT2D eigenvalue weighted by atomic mass is 10.3. The van der Waals surface area contributed by atoms with Crippen molar-refractivity contribution < 1.29 is 4.74 Å². The Morgan fingerprint density at radius 3 is 2.47 bits per heavy atom. The zero-order valence-corrected chi connectivity index (χ0v) is 11.3.